The van der Waals surface area contributed by atoms with Crippen molar-refractivity contribution in [2.75, 3.05) is 0 Å². The van der Waals surface area contributed by atoms with E-state index in [1.54, 1.807) is 0 Å². The first-order valence-electron chi connectivity index (χ1n) is 3.56. The van der Waals surface area contributed by atoms with Gasteiger partial charge in [0.1, 0.15) is 5.69 Å². The number of hydrogen-bond acceptors (Lipinski definition) is 3. The third-order valence-corrected chi connectivity index (χ3v) is 1.65. The van der Waals surface area contributed by atoms with Gasteiger partial charge in [0.2, 0.25) is 0 Å². The Balaban J connectivity index is 2.55. The van der Waals surface area contributed by atoms with E-state index in [-0.39, 0.29) is 0 Å². The average molecular weight is 159 g/mol. The first-order valence-corrected chi connectivity index (χ1v) is 3.56. The molecule has 12 heavy (non-hydrogen) atoms. The van der Waals surface area contributed by atoms with Crippen LogP contribution in [0.5, 0.6) is 0 Å². The van der Waals surface area contributed by atoms with E-state index >= 15 is 0 Å². The largest absolute Gasteiger partial charge is 0.345 e. The topological polar surface area (TPSA) is 38.9 Å². The van der Waals surface area contributed by atoms with Crippen LogP contribution in [0.1, 0.15) is 5.56 Å². The van der Waals surface area contributed by atoms with Crippen molar-refractivity contribution in [3.63, 3.8) is 0 Å². The molecule has 0 saturated carbocycles. The van der Waals surface area contributed by atoms with Gasteiger partial charge in [-0.1, -0.05) is 24.3 Å². The lowest BCUT2D eigenvalue weighted by Gasteiger charge is -1.97. The summed E-state index contributed by atoms with van der Waals surface area (Å²) in [6.45, 7) is 3.87. The van der Waals surface area contributed by atoms with Crippen LogP contribution in [-0.4, -0.2) is 10.4 Å². The Morgan fingerprint density at radius 1 is 1.25 bits per heavy atom. The second-order valence-electron chi connectivity index (χ2n) is 2.45. The summed E-state index contributed by atoms with van der Waals surface area (Å²) in [5.74, 6) is 0. The van der Waals surface area contributed by atoms with Crippen LogP contribution in [0.3, 0.4) is 0 Å². The minimum Gasteiger partial charge on any atom is -0.345 e. The molecule has 3 nitrogen and oxygen atoms in total. The highest BCUT2D eigenvalue weighted by atomic mass is 16.5. The number of nitrogens with zero attached hydrogens (tertiary/aromatic N) is 2. The highest BCUT2D eigenvalue weighted by Gasteiger charge is 2.03. The average Bonchev–Trinajstić information content (AvgIpc) is 2.57. The summed E-state index contributed by atoms with van der Waals surface area (Å²) in [6, 6.07) is 7.71. The van der Waals surface area contributed by atoms with Crippen LogP contribution >= 0.6 is 0 Å². The maximum atomic E-state index is 4.64. The summed E-state index contributed by atoms with van der Waals surface area (Å²) >= 11 is 0. The molecule has 1 radical (unpaired) electrons. The standard InChI is InChI=1S/C9H7N2O/c1-7-4-2-3-5-8(7)9-6-12-11-10-9/h2-6H,1H2. The van der Waals surface area contributed by atoms with Gasteiger partial charge in [-0.15, -0.1) is 5.10 Å². The minimum absolute atomic E-state index is 0.723. The molecule has 0 aliphatic heterocycles. The van der Waals surface area contributed by atoms with Crippen molar-refractivity contribution in [3.05, 3.63) is 43.0 Å². The van der Waals surface area contributed by atoms with E-state index in [9.17, 15) is 0 Å². The van der Waals surface area contributed by atoms with Gasteiger partial charge in [-0.05, 0) is 12.5 Å². The highest BCUT2D eigenvalue weighted by Crippen LogP contribution is 2.19. The maximum absolute atomic E-state index is 4.64. The zero-order valence-corrected chi connectivity index (χ0v) is 6.40. The lowest BCUT2D eigenvalue weighted by atomic mass is 10.1. The second kappa shape index (κ2) is 2.77. The summed E-state index contributed by atoms with van der Waals surface area (Å²) < 4.78 is 4.64. The van der Waals surface area contributed by atoms with Gasteiger partial charge in [-0.3, -0.25) is 0 Å². The van der Waals surface area contributed by atoms with Crippen molar-refractivity contribution in [3.8, 4) is 11.3 Å². The van der Waals surface area contributed by atoms with Gasteiger partial charge in [-0.2, -0.15) is 0 Å². The van der Waals surface area contributed by atoms with E-state index in [2.05, 4.69) is 21.8 Å². The smallest absolute Gasteiger partial charge is 0.152 e. The molecule has 59 valence electrons. The predicted octanol–water partition coefficient (Wildman–Crippen LogP) is 1.92. The fraction of sp³-hybridized carbons (Fsp3) is 0. The van der Waals surface area contributed by atoms with Crippen LogP contribution in [-0.2, 0) is 0 Å². The number of aromatic nitrogens is 2. The molecule has 0 amide bonds. The van der Waals surface area contributed by atoms with Crippen LogP contribution in [0.4, 0.5) is 0 Å². The van der Waals surface area contributed by atoms with E-state index in [1.165, 1.54) is 6.26 Å². The summed E-state index contributed by atoms with van der Waals surface area (Å²) in [5, 5.41) is 7.18. The summed E-state index contributed by atoms with van der Waals surface area (Å²) in [7, 11) is 0. The lowest BCUT2D eigenvalue weighted by Crippen LogP contribution is -1.81. The molecule has 2 rings (SSSR count). The quantitative estimate of drug-likeness (QED) is 0.638. The molecule has 0 aliphatic carbocycles. The third kappa shape index (κ3) is 1.09. The van der Waals surface area contributed by atoms with Gasteiger partial charge >= 0.3 is 0 Å². The summed E-state index contributed by atoms with van der Waals surface area (Å²) in [4.78, 5) is 0. The molecule has 1 heterocycles. The molecule has 0 N–H and O–H groups in total. The highest BCUT2D eigenvalue weighted by molar-refractivity contribution is 5.62. The molecule has 0 fully saturated rings. The molecule has 1 aromatic carbocycles. The van der Waals surface area contributed by atoms with E-state index in [0.717, 1.165) is 16.8 Å². The predicted molar refractivity (Wildman–Crippen MR) is 44.2 cm³/mol. The van der Waals surface area contributed by atoms with Crippen LogP contribution in [0, 0.1) is 6.92 Å². The Morgan fingerprint density at radius 3 is 2.75 bits per heavy atom. The van der Waals surface area contributed by atoms with E-state index in [4.69, 9.17) is 0 Å². The summed E-state index contributed by atoms with van der Waals surface area (Å²) in [6.07, 6.45) is 1.50. The normalized spacial score (nSPS) is 10.1. The van der Waals surface area contributed by atoms with E-state index in [1.807, 2.05) is 24.3 Å². The van der Waals surface area contributed by atoms with Gasteiger partial charge in [-0.25, -0.2) is 0 Å². The number of rotatable bonds is 1. The van der Waals surface area contributed by atoms with Crippen molar-refractivity contribution in [2.24, 2.45) is 0 Å². The van der Waals surface area contributed by atoms with E-state index < -0.39 is 0 Å². The number of benzene rings is 1. The molecule has 0 spiro atoms. The molecule has 0 aliphatic rings. The Kier molecular flexibility index (Phi) is 1.63. The first kappa shape index (κ1) is 7.03. The Morgan fingerprint density at radius 2 is 2.08 bits per heavy atom. The Bertz CT molecular complexity index is 368. The van der Waals surface area contributed by atoms with Gasteiger partial charge < -0.3 is 4.52 Å². The SMILES string of the molecule is [CH2]c1ccccc1-c1conn1. The lowest BCUT2D eigenvalue weighted by molar-refractivity contribution is 0.393. The second-order valence-corrected chi connectivity index (χ2v) is 2.45. The molecule has 2 aromatic rings. The Labute approximate surface area is 70.0 Å². The fourth-order valence-corrected chi connectivity index (χ4v) is 1.05. The van der Waals surface area contributed by atoms with E-state index in [0.29, 0.717) is 0 Å². The van der Waals surface area contributed by atoms with Crippen molar-refractivity contribution in [2.45, 2.75) is 0 Å². The molecule has 0 bridgehead atoms. The monoisotopic (exact) mass is 159 g/mol. The fourth-order valence-electron chi connectivity index (χ4n) is 1.05. The third-order valence-electron chi connectivity index (χ3n) is 1.65. The van der Waals surface area contributed by atoms with Crippen molar-refractivity contribution in [1.29, 1.82) is 0 Å². The number of hydrogen-bond donors (Lipinski definition) is 0. The first-order chi connectivity index (χ1) is 5.88. The van der Waals surface area contributed by atoms with Crippen LogP contribution < -0.4 is 0 Å². The van der Waals surface area contributed by atoms with Gasteiger partial charge in [0.15, 0.2) is 6.26 Å². The van der Waals surface area contributed by atoms with Crippen molar-refractivity contribution in [1.82, 2.24) is 10.4 Å². The van der Waals surface area contributed by atoms with Gasteiger partial charge in [0.05, 0.1) is 0 Å². The zero-order chi connectivity index (χ0) is 8.39. The maximum Gasteiger partial charge on any atom is 0.152 e. The summed E-state index contributed by atoms with van der Waals surface area (Å²) in [5.41, 5.74) is 2.60. The molecule has 0 unspecified atom stereocenters. The zero-order valence-electron chi connectivity index (χ0n) is 6.40. The minimum atomic E-state index is 0.723. The molecule has 0 saturated heterocycles. The van der Waals surface area contributed by atoms with Gasteiger partial charge in [0, 0.05) is 10.8 Å². The molecular formula is C9H7N2O. The van der Waals surface area contributed by atoms with Gasteiger partial charge in [0.25, 0.3) is 0 Å². The molecule has 0 atom stereocenters. The molecular weight excluding hydrogens is 152 g/mol. The molecule has 1 aromatic heterocycles. The van der Waals surface area contributed by atoms with Crippen LogP contribution in [0.25, 0.3) is 11.3 Å². The van der Waals surface area contributed by atoms with Crippen molar-refractivity contribution >= 4 is 0 Å². The molecule has 3 heteroatoms. The van der Waals surface area contributed by atoms with Crippen LogP contribution in [0.2, 0.25) is 0 Å². The van der Waals surface area contributed by atoms with Crippen LogP contribution in [0.15, 0.2) is 35.1 Å². The Hall–Kier alpha value is -1.64. The van der Waals surface area contributed by atoms with Crippen molar-refractivity contribution < 1.29 is 4.52 Å².